The van der Waals surface area contributed by atoms with Gasteiger partial charge in [-0.25, -0.2) is 0 Å². The monoisotopic (exact) mass is 559 g/mol. The highest BCUT2D eigenvalue weighted by atomic mass is 16.6. The van der Waals surface area contributed by atoms with Gasteiger partial charge in [0.1, 0.15) is 6.10 Å². The number of nitrogens with one attached hydrogen (secondary N) is 2. The first-order valence-electron chi connectivity index (χ1n) is 13.7. The Morgan fingerprint density at radius 3 is 2.20 bits per heavy atom. The molecule has 40 heavy (non-hydrogen) atoms. The number of carbonyl (C=O) groups is 3. The zero-order valence-electron chi connectivity index (χ0n) is 25.1. The fraction of sp³-hybridized carbons (Fsp3) is 0.516. The van der Waals surface area contributed by atoms with Crippen LogP contribution in [0.3, 0.4) is 0 Å². The van der Waals surface area contributed by atoms with Crippen LogP contribution in [0.5, 0.6) is 0 Å². The molecular formula is C31H49N3O6. The molecule has 2 heterocycles. The largest absolute Gasteiger partial charge is 0.400 e. The lowest BCUT2D eigenvalue weighted by Crippen LogP contribution is -2.49. The Bertz CT molecular complexity index is 936. The maximum Gasteiger partial charge on any atom is 0.239 e. The standard InChI is InChI=1S/C19H25N3O5.C9H14.C2H6.CH4O/c23-17(11-20-18(24)12-22-6-8-26-9-7-22)21-15(19(25)16-13-27-16)10-14-4-2-1-3-5-14;1-5-9(4)7-6-8(2)3;2*1-2/h1-5,15-16H,6-13H2,(H,20,24)(H,21,23);5-7H,2H2,1,3-4H3;1-2H3;2H,1H3/b;7-6-,9-5-;;/t15?,16-;;;/m1.../s1. The molecule has 1 unspecified atom stereocenters. The molecule has 9 heteroatoms. The van der Waals surface area contributed by atoms with E-state index in [1.807, 2.05) is 69.0 Å². The van der Waals surface area contributed by atoms with E-state index in [0.29, 0.717) is 39.3 Å². The number of hydrogen-bond acceptors (Lipinski definition) is 7. The van der Waals surface area contributed by atoms with Crippen molar-refractivity contribution in [3.05, 3.63) is 71.8 Å². The molecule has 2 amide bonds. The number of rotatable bonds is 11. The highest BCUT2D eigenvalue weighted by molar-refractivity contribution is 5.94. The third-order valence-corrected chi connectivity index (χ3v) is 5.62. The number of aliphatic hydroxyl groups is 1. The highest BCUT2D eigenvalue weighted by Gasteiger charge is 2.37. The SMILES string of the molecule is C=C(C)/C=C\C(C)=C/C.CC.CO.O=C(CN1CCOCC1)NCC(=O)NC(Cc1ccccc1)C(=O)[C@H]1CO1. The molecule has 2 aliphatic rings. The second kappa shape index (κ2) is 22.7. The van der Waals surface area contributed by atoms with Crippen molar-refractivity contribution < 1.29 is 29.0 Å². The molecule has 1 aromatic rings. The van der Waals surface area contributed by atoms with E-state index in [1.54, 1.807) is 0 Å². The predicted molar refractivity (Wildman–Crippen MR) is 160 cm³/mol. The summed E-state index contributed by atoms with van der Waals surface area (Å²) in [6.45, 7) is 16.9. The first kappa shape index (κ1) is 36.9. The number of nitrogens with zero attached hydrogens (tertiary/aromatic N) is 1. The molecule has 2 saturated heterocycles. The summed E-state index contributed by atoms with van der Waals surface area (Å²) < 4.78 is 10.3. The summed E-state index contributed by atoms with van der Waals surface area (Å²) in [5, 5.41) is 12.3. The van der Waals surface area contributed by atoms with Crippen molar-refractivity contribution in [3.8, 4) is 0 Å². The normalized spacial score (nSPS) is 17.0. The highest BCUT2D eigenvalue weighted by Crippen LogP contribution is 2.15. The molecule has 3 N–H and O–H groups in total. The van der Waals surface area contributed by atoms with Gasteiger partial charge in [0.15, 0.2) is 5.78 Å². The minimum Gasteiger partial charge on any atom is -0.400 e. The number of carbonyl (C=O) groups excluding carboxylic acids is 3. The maximum absolute atomic E-state index is 12.4. The zero-order valence-corrected chi connectivity index (χ0v) is 25.1. The van der Waals surface area contributed by atoms with E-state index in [0.717, 1.165) is 18.2 Å². The molecule has 0 aromatic heterocycles. The van der Waals surface area contributed by atoms with Gasteiger partial charge in [-0.15, -0.1) is 0 Å². The van der Waals surface area contributed by atoms with E-state index in [4.69, 9.17) is 14.6 Å². The van der Waals surface area contributed by atoms with Gasteiger partial charge in [0.25, 0.3) is 0 Å². The minimum absolute atomic E-state index is 0.133. The number of benzene rings is 1. The molecule has 2 aliphatic heterocycles. The van der Waals surface area contributed by atoms with Gasteiger partial charge in [0.2, 0.25) is 11.8 Å². The van der Waals surface area contributed by atoms with Gasteiger partial charge in [0, 0.05) is 20.2 Å². The van der Waals surface area contributed by atoms with E-state index in [1.165, 1.54) is 5.57 Å². The number of Topliss-reactive ketones (excluding diaryl/α,β-unsaturated/α-hetero) is 1. The summed E-state index contributed by atoms with van der Waals surface area (Å²) in [6.07, 6.45) is 6.10. The van der Waals surface area contributed by atoms with Crippen molar-refractivity contribution in [1.82, 2.24) is 15.5 Å². The topological polar surface area (TPSA) is 120 Å². The van der Waals surface area contributed by atoms with Crippen molar-refractivity contribution in [1.29, 1.82) is 0 Å². The number of hydrogen-bond donors (Lipinski definition) is 3. The summed E-state index contributed by atoms with van der Waals surface area (Å²) in [5.41, 5.74) is 3.32. The van der Waals surface area contributed by atoms with Gasteiger partial charge in [-0.1, -0.05) is 80.1 Å². The third-order valence-electron chi connectivity index (χ3n) is 5.62. The first-order valence-corrected chi connectivity index (χ1v) is 13.7. The maximum atomic E-state index is 12.4. The fourth-order valence-corrected chi connectivity index (χ4v) is 3.32. The minimum atomic E-state index is -0.663. The van der Waals surface area contributed by atoms with E-state index in [2.05, 4.69) is 36.3 Å². The molecule has 0 spiro atoms. The molecule has 3 rings (SSSR count). The molecule has 2 atom stereocenters. The fourth-order valence-electron chi connectivity index (χ4n) is 3.32. The molecule has 9 nitrogen and oxygen atoms in total. The van der Waals surface area contributed by atoms with Crippen LogP contribution >= 0.6 is 0 Å². The number of ether oxygens (including phenoxy) is 2. The van der Waals surface area contributed by atoms with Crippen LogP contribution in [0.1, 0.15) is 40.2 Å². The number of epoxide rings is 1. The molecule has 0 bridgehead atoms. The van der Waals surface area contributed by atoms with Gasteiger partial charge < -0.3 is 25.2 Å². The van der Waals surface area contributed by atoms with Gasteiger partial charge >= 0.3 is 0 Å². The number of ketones is 1. The Morgan fingerprint density at radius 2 is 1.68 bits per heavy atom. The summed E-state index contributed by atoms with van der Waals surface area (Å²) in [5.74, 6) is -0.740. The zero-order chi connectivity index (χ0) is 30.3. The van der Waals surface area contributed by atoms with Crippen LogP contribution in [-0.2, 0) is 30.3 Å². The lowest BCUT2D eigenvalue weighted by Gasteiger charge is -2.25. The third kappa shape index (κ3) is 17.5. The smallest absolute Gasteiger partial charge is 0.239 e. The molecular weight excluding hydrogens is 510 g/mol. The number of allylic oxidation sites excluding steroid dienone is 5. The Morgan fingerprint density at radius 1 is 1.07 bits per heavy atom. The van der Waals surface area contributed by atoms with E-state index in [-0.39, 0.29) is 30.7 Å². The Balaban J connectivity index is 0.000000991. The molecule has 224 valence electrons. The summed E-state index contributed by atoms with van der Waals surface area (Å²) in [7, 11) is 1.00. The summed E-state index contributed by atoms with van der Waals surface area (Å²) >= 11 is 0. The van der Waals surface area contributed by atoms with Crippen molar-refractivity contribution in [2.45, 2.75) is 53.2 Å². The summed E-state index contributed by atoms with van der Waals surface area (Å²) in [6, 6.07) is 8.82. The van der Waals surface area contributed by atoms with Gasteiger partial charge in [0.05, 0.1) is 39.0 Å². The molecule has 0 aliphatic carbocycles. The number of morpholine rings is 1. The van der Waals surface area contributed by atoms with Crippen LogP contribution in [0.25, 0.3) is 0 Å². The second-order valence-corrected chi connectivity index (χ2v) is 8.91. The van der Waals surface area contributed by atoms with Crippen molar-refractivity contribution >= 4 is 17.6 Å². The van der Waals surface area contributed by atoms with Crippen LogP contribution < -0.4 is 10.6 Å². The van der Waals surface area contributed by atoms with Crippen LogP contribution in [-0.4, -0.2) is 92.9 Å². The lowest BCUT2D eigenvalue weighted by molar-refractivity contribution is -0.129. The van der Waals surface area contributed by atoms with Gasteiger partial charge in [-0.3, -0.25) is 19.3 Å². The lowest BCUT2D eigenvalue weighted by atomic mass is 10.0. The van der Waals surface area contributed by atoms with Crippen LogP contribution in [0.15, 0.2) is 66.3 Å². The number of aliphatic hydroxyl groups excluding tert-OH is 1. The van der Waals surface area contributed by atoms with E-state index in [9.17, 15) is 14.4 Å². The van der Waals surface area contributed by atoms with Crippen LogP contribution in [0.4, 0.5) is 0 Å². The quantitative estimate of drug-likeness (QED) is 0.282. The number of amides is 2. The van der Waals surface area contributed by atoms with Crippen LogP contribution in [0.2, 0.25) is 0 Å². The van der Waals surface area contributed by atoms with Crippen molar-refractivity contribution in [3.63, 3.8) is 0 Å². The van der Waals surface area contributed by atoms with Crippen molar-refractivity contribution in [2.75, 3.05) is 53.1 Å². The molecule has 0 radical (unpaired) electrons. The average Bonchev–Trinajstić information content (AvgIpc) is 3.83. The first-order chi connectivity index (χ1) is 19.3. The molecule has 0 saturated carbocycles. The van der Waals surface area contributed by atoms with Gasteiger partial charge in [-0.05, 0) is 32.8 Å². The average molecular weight is 560 g/mol. The van der Waals surface area contributed by atoms with Gasteiger partial charge in [-0.2, -0.15) is 0 Å². The van der Waals surface area contributed by atoms with E-state index >= 15 is 0 Å². The van der Waals surface area contributed by atoms with E-state index < -0.39 is 12.1 Å². The Hall–Kier alpha value is -3.11. The molecule has 1 aromatic carbocycles. The van der Waals surface area contributed by atoms with Crippen molar-refractivity contribution in [2.24, 2.45) is 0 Å². The Kier molecular flexibility index (Phi) is 20.9. The second-order valence-electron chi connectivity index (χ2n) is 8.91. The predicted octanol–water partition coefficient (Wildman–Crippen LogP) is 2.85. The van der Waals surface area contributed by atoms with Crippen LogP contribution in [0, 0.1) is 0 Å². The molecule has 2 fully saturated rings. The summed E-state index contributed by atoms with van der Waals surface area (Å²) in [4.78, 5) is 38.6. The Labute approximate surface area is 240 Å².